The molecule has 0 amide bonds. The first-order chi connectivity index (χ1) is 8.66. The zero-order chi connectivity index (χ0) is 12.8. The van der Waals surface area contributed by atoms with Crippen LogP contribution < -0.4 is 0 Å². The van der Waals surface area contributed by atoms with Crippen molar-refractivity contribution in [3.63, 3.8) is 0 Å². The SMILES string of the molecule is CC1=CC=CC1(C1C=Cc2ccccc21)[SiH](C)C. The standard InChI is InChI=1S/C17H20Si/c1-13-7-6-12-17(13,18(2)3)16-11-10-14-8-4-5-9-15(14)16/h4-12,16,18H,1-3H3. The molecular weight excluding hydrogens is 232 g/mol. The van der Waals surface area contributed by atoms with Gasteiger partial charge in [-0.25, -0.2) is 0 Å². The Kier molecular flexibility index (Phi) is 2.67. The zero-order valence-corrected chi connectivity index (χ0v) is 12.5. The van der Waals surface area contributed by atoms with Crippen LogP contribution >= 0.6 is 0 Å². The minimum Gasteiger partial charge on any atom is -0.0765 e. The largest absolute Gasteiger partial charge is 0.0765 e. The molecule has 2 atom stereocenters. The quantitative estimate of drug-likeness (QED) is 0.678. The molecule has 2 unspecified atom stereocenters. The number of allylic oxidation sites excluding steroid dienone is 5. The number of hydrogen-bond donors (Lipinski definition) is 0. The van der Waals surface area contributed by atoms with Crippen molar-refractivity contribution in [1.29, 1.82) is 0 Å². The van der Waals surface area contributed by atoms with E-state index in [0.717, 1.165) is 0 Å². The Labute approximate surface area is 111 Å². The van der Waals surface area contributed by atoms with Crippen LogP contribution in [0.3, 0.4) is 0 Å². The summed E-state index contributed by atoms with van der Waals surface area (Å²) in [4.78, 5) is 0. The van der Waals surface area contributed by atoms with E-state index in [2.05, 4.69) is 74.7 Å². The Hall–Kier alpha value is -1.34. The molecule has 92 valence electrons. The van der Waals surface area contributed by atoms with Gasteiger partial charge in [-0.1, -0.05) is 73.3 Å². The molecule has 2 aliphatic carbocycles. The van der Waals surface area contributed by atoms with Crippen LogP contribution in [0.5, 0.6) is 0 Å². The molecule has 0 bridgehead atoms. The molecule has 2 aliphatic rings. The van der Waals surface area contributed by atoms with Crippen LogP contribution in [0.25, 0.3) is 6.08 Å². The summed E-state index contributed by atoms with van der Waals surface area (Å²) in [5, 5.41) is 0.309. The second-order valence-corrected chi connectivity index (χ2v) is 9.03. The van der Waals surface area contributed by atoms with Crippen molar-refractivity contribution in [2.45, 2.75) is 31.0 Å². The number of hydrogen-bond acceptors (Lipinski definition) is 0. The van der Waals surface area contributed by atoms with Gasteiger partial charge in [-0.3, -0.25) is 0 Å². The van der Waals surface area contributed by atoms with Gasteiger partial charge in [0.05, 0.1) is 0 Å². The lowest BCUT2D eigenvalue weighted by Crippen LogP contribution is -2.31. The minimum atomic E-state index is -0.835. The highest BCUT2D eigenvalue weighted by Gasteiger charge is 2.44. The van der Waals surface area contributed by atoms with Crippen molar-refractivity contribution >= 4 is 14.9 Å². The molecule has 0 saturated carbocycles. The normalized spacial score (nSPS) is 28.9. The average Bonchev–Trinajstić information content (AvgIpc) is 2.93. The van der Waals surface area contributed by atoms with E-state index in [1.807, 2.05) is 0 Å². The summed E-state index contributed by atoms with van der Waals surface area (Å²) in [5.74, 6) is 0.551. The fourth-order valence-electron chi connectivity index (χ4n) is 3.65. The van der Waals surface area contributed by atoms with Crippen LogP contribution in [0.15, 0.2) is 54.1 Å². The molecule has 0 nitrogen and oxygen atoms in total. The number of rotatable bonds is 2. The molecule has 0 aromatic heterocycles. The summed E-state index contributed by atoms with van der Waals surface area (Å²) in [6, 6.07) is 8.85. The van der Waals surface area contributed by atoms with E-state index < -0.39 is 8.80 Å². The first-order valence-electron chi connectivity index (χ1n) is 6.80. The van der Waals surface area contributed by atoms with E-state index in [-0.39, 0.29) is 0 Å². The summed E-state index contributed by atoms with van der Waals surface area (Å²) >= 11 is 0. The van der Waals surface area contributed by atoms with Crippen LogP contribution in [-0.2, 0) is 0 Å². The molecule has 18 heavy (non-hydrogen) atoms. The zero-order valence-electron chi connectivity index (χ0n) is 11.4. The summed E-state index contributed by atoms with van der Waals surface area (Å²) in [6.07, 6.45) is 11.8. The first kappa shape index (κ1) is 11.7. The molecule has 0 N–H and O–H groups in total. The highest BCUT2D eigenvalue weighted by Crippen LogP contribution is 2.57. The summed E-state index contributed by atoms with van der Waals surface area (Å²) < 4.78 is 0. The number of fused-ring (bicyclic) bond motifs is 1. The lowest BCUT2D eigenvalue weighted by atomic mass is 9.83. The van der Waals surface area contributed by atoms with Crippen LogP contribution in [0, 0.1) is 0 Å². The van der Waals surface area contributed by atoms with Crippen molar-refractivity contribution in [3.8, 4) is 0 Å². The van der Waals surface area contributed by atoms with E-state index in [4.69, 9.17) is 0 Å². The topological polar surface area (TPSA) is 0 Å². The van der Waals surface area contributed by atoms with Gasteiger partial charge in [-0.15, -0.1) is 0 Å². The van der Waals surface area contributed by atoms with Gasteiger partial charge in [0, 0.05) is 19.8 Å². The van der Waals surface area contributed by atoms with Gasteiger partial charge in [-0.2, -0.15) is 0 Å². The van der Waals surface area contributed by atoms with Gasteiger partial charge in [0.25, 0.3) is 0 Å². The molecule has 0 heterocycles. The van der Waals surface area contributed by atoms with Crippen LogP contribution in [-0.4, -0.2) is 8.80 Å². The molecule has 1 heteroatoms. The van der Waals surface area contributed by atoms with E-state index in [0.29, 0.717) is 11.0 Å². The third-order valence-corrected chi connectivity index (χ3v) is 7.59. The Morgan fingerprint density at radius 1 is 1.17 bits per heavy atom. The smallest absolute Gasteiger partial charge is 0.0482 e. The highest BCUT2D eigenvalue weighted by molar-refractivity contribution is 6.61. The fourth-order valence-corrected chi connectivity index (χ4v) is 6.16. The summed E-state index contributed by atoms with van der Waals surface area (Å²) in [7, 11) is -0.835. The maximum absolute atomic E-state index is 2.47. The van der Waals surface area contributed by atoms with E-state index in [9.17, 15) is 0 Å². The Morgan fingerprint density at radius 3 is 2.61 bits per heavy atom. The molecule has 0 radical (unpaired) electrons. The first-order valence-corrected chi connectivity index (χ1v) is 9.68. The van der Waals surface area contributed by atoms with Crippen molar-refractivity contribution in [2.24, 2.45) is 0 Å². The van der Waals surface area contributed by atoms with E-state index in [1.165, 1.54) is 11.1 Å². The third kappa shape index (κ3) is 1.43. The highest BCUT2D eigenvalue weighted by atomic mass is 28.3. The van der Waals surface area contributed by atoms with Gasteiger partial charge >= 0.3 is 0 Å². The molecule has 3 rings (SSSR count). The van der Waals surface area contributed by atoms with Gasteiger partial charge in [0.1, 0.15) is 0 Å². The van der Waals surface area contributed by atoms with Crippen molar-refractivity contribution in [1.82, 2.24) is 0 Å². The predicted molar refractivity (Wildman–Crippen MR) is 82.7 cm³/mol. The Morgan fingerprint density at radius 2 is 1.94 bits per heavy atom. The summed E-state index contributed by atoms with van der Waals surface area (Å²) in [5.41, 5.74) is 4.47. The monoisotopic (exact) mass is 252 g/mol. The molecule has 0 spiro atoms. The lowest BCUT2D eigenvalue weighted by Gasteiger charge is -2.39. The van der Waals surface area contributed by atoms with Gasteiger partial charge in [0.2, 0.25) is 0 Å². The van der Waals surface area contributed by atoms with Crippen LogP contribution in [0.4, 0.5) is 0 Å². The van der Waals surface area contributed by atoms with Gasteiger partial charge < -0.3 is 0 Å². The van der Waals surface area contributed by atoms with E-state index in [1.54, 1.807) is 5.57 Å². The molecule has 0 saturated heterocycles. The van der Waals surface area contributed by atoms with Crippen LogP contribution in [0.2, 0.25) is 18.1 Å². The molecule has 0 aliphatic heterocycles. The lowest BCUT2D eigenvalue weighted by molar-refractivity contribution is 0.692. The second-order valence-electron chi connectivity index (χ2n) is 5.76. The average molecular weight is 252 g/mol. The van der Waals surface area contributed by atoms with Crippen molar-refractivity contribution < 1.29 is 0 Å². The van der Waals surface area contributed by atoms with E-state index >= 15 is 0 Å². The Bertz CT molecular complexity index is 563. The van der Waals surface area contributed by atoms with Gasteiger partial charge in [-0.05, 0) is 18.1 Å². The Balaban J connectivity index is 2.13. The molecule has 1 aromatic rings. The maximum atomic E-state index is 2.47. The number of benzene rings is 1. The second kappa shape index (κ2) is 4.10. The fraction of sp³-hybridized carbons (Fsp3) is 0.294. The molecular formula is C17H20Si. The molecule has 1 aromatic carbocycles. The van der Waals surface area contributed by atoms with Crippen LogP contribution in [0.1, 0.15) is 24.0 Å². The van der Waals surface area contributed by atoms with Crippen molar-refractivity contribution in [3.05, 3.63) is 65.3 Å². The predicted octanol–water partition coefficient (Wildman–Crippen LogP) is 4.54. The third-order valence-electron chi connectivity index (χ3n) is 4.67. The maximum Gasteiger partial charge on any atom is 0.0482 e. The minimum absolute atomic E-state index is 0.309. The molecule has 0 fully saturated rings. The van der Waals surface area contributed by atoms with Gasteiger partial charge in [0.15, 0.2) is 0 Å². The van der Waals surface area contributed by atoms with Crippen molar-refractivity contribution in [2.75, 3.05) is 0 Å². The summed E-state index contributed by atoms with van der Waals surface area (Å²) in [6.45, 7) is 7.26.